The highest BCUT2D eigenvalue weighted by atomic mass is 16.5. The van der Waals surface area contributed by atoms with Gasteiger partial charge in [0, 0.05) is 41.7 Å². The van der Waals surface area contributed by atoms with E-state index in [0.29, 0.717) is 48.2 Å². The summed E-state index contributed by atoms with van der Waals surface area (Å²) in [5.41, 5.74) is 3.23. The van der Waals surface area contributed by atoms with Crippen LogP contribution in [0.1, 0.15) is 115 Å². The molecule has 2 amide bonds. The number of likely N-dealkylation sites (tertiary alicyclic amines) is 1. The lowest BCUT2D eigenvalue weighted by Crippen LogP contribution is -2.45. The van der Waals surface area contributed by atoms with Crippen molar-refractivity contribution in [3.8, 4) is 5.75 Å². The van der Waals surface area contributed by atoms with Crippen LogP contribution in [0.2, 0.25) is 0 Å². The number of methoxy groups -OCH3 is 1. The van der Waals surface area contributed by atoms with E-state index in [1.807, 2.05) is 67.9 Å². The van der Waals surface area contributed by atoms with Crippen LogP contribution in [0.25, 0.3) is 0 Å². The Labute approximate surface area is 264 Å². The number of hydrogen-bond donors (Lipinski definition) is 3. The first-order valence-corrected chi connectivity index (χ1v) is 16.1. The lowest BCUT2D eigenvalue weighted by molar-refractivity contribution is -0.141. The Bertz CT molecular complexity index is 1350. The number of carbonyl (C=O) groups excluding carboxylic acids is 2. The van der Waals surface area contributed by atoms with E-state index < -0.39 is 5.41 Å². The van der Waals surface area contributed by atoms with E-state index in [0.717, 1.165) is 61.6 Å². The van der Waals surface area contributed by atoms with E-state index >= 15 is 0 Å². The lowest BCUT2D eigenvalue weighted by atomic mass is 9.84. The molecule has 0 bridgehead atoms. The van der Waals surface area contributed by atoms with E-state index in [2.05, 4.69) is 26.1 Å². The number of allylic oxidation sites excluding steroid dienone is 4. The highest BCUT2D eigenvalue weighted by Crippen LogP contribution is 2.33. The van der Waals surface area contributed by atoms with Gasteiger partial charge in [0.05, 0.1) is 12.7 Å². The molecule has 8 heteroatoms. The van der Waals surface area contributed by atoms with Gasteiger partial charge in [-0.25, -0.2) is 0 Å². The van der Waals surface area contributed by atoms with Crippen molar-refractivity contribution in [1.29, 1.82) is 10.8 Å². The van der Waals surface area contributed by atoms with Crippen LogP contribution in [-0.4, -0.2) is 52.5 Å². The number of nitrogens with one attached hydrogen (secondary N) is 3. The van der Waals surface area contributed by atoms with E-state index in [9.17, 15) is 9.59 Å². The number of carbonyl (C=O) groups is 2. The van der Waals surface area contributed by atoms with Crippen molar-refractivity contribution in [1.82, 2.24) is 15.1 Å². The van der Waals surface area contributed by atoms with Gasteiger partial charge in [0.25, 0.3) is 5.91 Å². The van der Waals surface area contributed by atoms with Gasteiger partial charge >= 0.3 is 0 Å². The van der Waals surface area contributed by atoms with Crippen molar-refractivity contribution >= 4 is 23.5 Å². The molecule has 1 aromatic carbocycles. The van der Waals surface area contributed by atoms with Crippen molar-refractivity contribution in [2.24, 2.45) is 5.41 Å². The molecular weight excluding hydrogens is 550 g/mol. The van der Waals surface area contributed by atoms with Crippen molar-refractivity contribution in [2.45, 2.75) is 112 Å². The number of amidine groups is 2. The summed E-state index contributed by atoms with van der Waals surface area (Å²) in [7, 11) is 1.57. The maximum Gasteiger partial charge on any atom is 0.259 e. The van der Waals surface area contributed by atoms with E-state index in [4.69, 9.17) is 15.6 Å². The zero-order valence-corrected chi connectivity index (χ0v) is 28.2. The molecular formula is C36H53N5O3. The molecule has 0 atom stereocenters. The molecule has 0 saturated carbocycles. The number of amides is 2. The average Bonchev–Trinajstić information content (AvgIpc) is 3.26. The number of fused-ring (bicyclic) bond motifs is 1. The summed E-state index contributed by atoms with van der Waals surface area (Å²) in [6.45, 7) is 15.4. The predicted molar refractivity (Wildman–Crippen MR) is 179 cm³/mol. The van der Waals surface area contributed by atoms with Gasteiger partial charge < -0.3 is 19.9 Å². The van der Waals surface area contributed by atoms with Gasteiger partial charge in [-0.2, -0.15) is 0 Å². The molecule has 1 fully saturated rings. The summed E-state index contributed by atoms with van der Waals surface area (Å²) in [6.07, 6.45) is 14.7. The maximum atomic E-state index is 13.4. The van der Waals surface area contributed by atoms with Crippen LogP contribution in [0.4, 0.5) is 0 Å². The molecule has 0 unspecified atom stereocenters. The van der Waals surface area contributed by atoms with Gasteiger partial charge in [0.2, 0.25) is 5.91 Å². The van der Waals surface area contributed by atoms with Gasteiger partial charge in [-0.05, 0) is 75.8 Å². The molecule has 0 aliphatic carbocycles. The smallest absolute Gasteiger partial charge is 0.259 e. The van der Waals surface area contributed by atoms with E-state index in [1.54, 1.807) is 13.2 Å². The fraction of sp³-hybridized carbons (Fsp3) is 0.556. The van der Waals surface area contributed by atoms with Crippen molar-refractivity contribution in [3.63, 3.8) is 0 Å². The van der Waals surface area contributed by atoms with Crippen LogP contribution in [-0.2, 0) is 17.8 Å². The predicted octanol–water partition coefficient (Wildman–Crippen LogP) is 7.54. The first kappa shape index (κ1) is 34.8. The fourth-order valence-corrected chi connectivity index (χ4v) is 6.09. The zero-order valence-electron chi connectivity index (χ0n) is 28.2. The highest BCUT2D eigenvalue weighted by molar-refractivity contribution is 6.09. The fourth-order valence-electron chi connectivity index (χ4n) is 6.09. The van der Waals surface area contributed by atoms with Crippen LogP contribution < -0.4 is 10.1 Å². The molecule has 3 N–H and O–H groups in total. The molecule has 240 valence electrons. The van der Waals surface area contributed by atoms with Gasteiger partial charge in [-0.3, -0.25) is 20.4 Å². The molecule has 0 spiro atoms. The highest BCUT2D eigenvalue weighted by Gasteiger charge is 2.38. The second-order valence-corrected chi connectivity index (χ2v) is 13.3. The Hall–Kier alpha value is -3.68. The molecule has 1 saturated heterocycles. The normalized spacial score (nSPS) is 17.2. The molecule has 1 aromatic rings. The Kier molecular flexibility index (Phi) is 11.8. The standard InChI is InChI=1S/C36H53N5O3/c1-9-11-12-19-35(4,5)34(43)40-21-18-27-23-30(44-8)29(22-28(27)24-40)33(42)39-25(3)15-13-16-26(14-10-2)32(38)41-31(37)17-20-36(41,6)7/h13-16,22-23,37-38H,9-12,17-21,24H2,1-8H3,(H,39,42)/b16-13-,25-15+,26-14-,37-31?,38-32?. The second-order valence-electron chi connectivity index (χ2n) is 13.3. The number of unbranched alkanes of at least 4 members (excludes halogenated alkanes) is 2. The van der Waals surface area contributed by atoms with Crippen molar-refractivity contribution in [2.75, 3.05) is 13.7 Å². The number of hydrogen-bond acceptors (Lipinski definition) is 5. The molecule has 8 nitrogen and oxygen atoms in total. The summed E-state index contributed by atoms with van der Waals surface area (Å²) < 4.78 is 5.61. The lowest BCUT2D eigenvalue weighted by Gasteiger charge is -2.35. The first-order chi connectivity index (χ1) is 20.7. The minimum absolute atomic E-state index is 0.168. The van der Waals surface area contributed by atoms with E-state index in [-0.39, 0.29) is 17.4 Å². The topological polar surface area (TPSA) is 110 Å². The molecule has 2 heterocycles. The van der Waals surface area contributed by atoms with Crippen LogP contribution in [0.3, 0.4) is 0 Å². The van der Waals surface area contributed by atoms with E-state index in [1.165, 1.54) is 0 Å². The third kappa shape index (κ3) is 8.27. The summed E-state index contributed by atoms with van der Waals surface area (Å²) in [5, 5.41) is 20.1. The Balaban J connectivity index is 1.74. The molecule has 2 aliphatic rings. The van der Waals surface area contributed by atoms with Gasteiger partial charge in [-0.15, -0.1) is 0 Å². The van der Waals surface area contributed by atoms with Crippen LogP contribution in [0.5, 0.6) is 5.75 Å². The minimum Gasteiger partial charge on any atom is -0.496 e. The van der Waals surface area contributed by atoms with Gasteiger partial charge in [0.1, 0.15) is 17.4 Å². The summed E-state index contributed by atoms with van der Waals surface area (Å²) in [5.74, 6) is 1.19. The number of nitrogens with zero attached hydrogens (tertiary/aromatic N) is 2. The largest absolute Gasteiger partial charge is 0.496 e. The third-order valence-electron chi connectivity index (χ3n) is 8.75. The minimum atomic E-state index is -0.411. The second kappa shape index (κ2) is 14.9. The Morgan fingerprint density at radius 2 is 1.86 bits per heavy atom. The van der Waals surface area contributed by atoms with Crippen molar-refractivity contribution < 1.29 is 14.3 Å². The SMILES string of the molecule is CC/C=C(/C=C\C=C(/C)NC(=O)c1cc2c(cc1OC)CCN(C(=O)C(C)(C)CCCCC)C2)C(=N)N1C(=N)CCC1(C)C. The molecule has 3 rings (SSSR count). The van der Waals surface area contributed by atoms with Crippen LogP contribution in [0.15, 0.2) is 47.7 Å². The monoisotopic (exact) mass is 603 g/mol. The summed E-state index contributed by atoms with van der Waals surface area (Å²) in [4.78, 5) is 30.6. The third-order valence-corrected chi connectivity index (χ3v) is 8.75. The molecule has 0 radical (unpaired) electrons. The van der Waals surface area contributed by atoms with Gasteiger partial charge in [0.15, 0.2) is 0 Å². The molecule has 44 heavy (non-hydrogen) atoms. The first-order valence-electron chi connectivity index (χ1n) is 16.1. The zero-order chi connectivity index (χ0) is 32.7. The molecule has 2 aliphatic heterocycles. The summed E-state index contributed by atoms with van der Waals surface area (Å²) >= 11 is 0. The quantitative estimate of drug-likeness (QED) is 0.0992. The summed E-state index contributed by atoms with van der Waals surface area (Å²) in [6, 6.07) is 3.80. The van der Waals surface area contributed by atoms with Gasteiger partial charge in [-0.1, -0.05) is 65.2 Å². The Morgan fingerprint density at radius 3 is 2.48 bits per heavy atom. The number of rotatable bonds is 12. The average molecular weight is 604 g/mol. The Morgan fingerprint density at radius 1 is 1.14 bits per heavy atom. The number of benzene rings is 1. The maximum absolute atomic E-state index is 13.4. The van der Waals surface area contributed by atoms with Crippen molar-refractivity contribution in [3.05, 3.63) is 64.4 Å². The number of ether oxygens (including phenoxy) is 1. The van der Waals surface area contributed by atoms with Crippen LogP contribution in [0, 0.1) is 16.2 Å². The van der Waals surface area contributed by atoms with Crippen LogP contribution >= 0.6 is 0 Å². The molecule has 0 aromatic heterocycles.